The zero-order chi connectivity index (χ0) is 26.4. The number of carbonyl (C=O) groups is 2. The Bertz CT molecular complexity index is 1410. The molecule has 0 fully saturated rings. The number of ether oxygens (including phenoxy) is 1. The Balaban J connectivity index is 1.57. The molecule has 0 saturated carbocycles. The maximum absolute atomic E-state index is 13.6. The molecule has 5 nitrogen and oxygen atoms in total. The quantitative estimate of drug-likeness (QED) is 0.229. The molecule has 0 spiro atoms. The molecule has 4 aromatic rings. The SMILES string of the molecule is COc1cc(Cl)c(C)cc1NC(=O)C(Sc1cccc(NC(=O)c2ccc(C)cc2)c1)c1ccccc1. The van der Waals surface area contributed by atoms with E-state index in [2.05, 4.69) is 10.6 Å². The molecule has 2 amide bonds. The zero-order valence-corrected chi connectivity index (χ0v) is 22.3. The van der Waals surface area contributed by atoms with Crippen LogP contribution in [0.4, 0.5) is 11.4 Å². The van der Waals surface area contributed by atoms with Crippen LogP contribution in [0.3, 0.4) is 0 Å². The molecule has 0 aliphatic heterocycles. The number of carbonyl (C=O) groups excluding carboxylic acids is 2. The summed E-state index contributed by atoms with van der Waals surface area (Å²) in [5, 5.41) is 5.97. The summed E-state index contributed by atoms with van der Waals surface area (Å²) in [5.74, 6) is 0.0941. The minimum Gasteiger partial charge on any atom is -0.495 e. The minimum absolute atomic E-state index is 0.190. The number of hydrogen-bond donors (Lipinski definition) is 2. The number of nitrogens with one attached hydrogen (secondary N) is 2. The van der Waals surface area contributed by atoms with E-state index in [9.17, 15) is 9.59 Å². The summed E-state index contributed by atoms with van der Waals surface area (Å²) in [6, 6.07) is 27.9. The highest BCUT2D eigenvalue weighted by atomic mass is 35.5. The van der Waals surface area contributed by atoms with Crippen LogP contribution >= 0.6 is 23.4 Å². The number of amides is 2. The van der Waals surface area contributed by atoms with Crippen LogP contribution in [0.25, 0.3) is 0 Å². The van der Waals surface area contributed by atoms with E-state index in [-0.39, 0.29) is 11.8 Å². The molecule has 2 N–H and O–H groups in total. The molecule has 4 aromatic carbocycles. The highest BCUT2D eigenvalue weighted by Crippen LogP contribution is 2.39. The maximum atomic E-state index is 13.6. The van der Waals surface area contributed by atoms with Crippen molar-refractivity contribution in [1.29, 1.82) is 0 Å². The summed E-state index contributed by atoms with van der Waals surface area (Å²) in [5.41, 5.74) is 4.55. The molecule has 1 atom stereocenters. The first-order valence-corrected chi connectivity index (χ1v) is 12.9. The molecule has 1 unspecified atom stereocenters. The van der Waals surface area contributed by atoms with Gasteiger partial charge in [-0.3, -0.25) is 9.59 Å². The van der Waals surface area contributed by atoms with Gasteiger partial charge in [-0.2, -0.15) is 0 Å². The predicted molar refractivity (Wildman–Crippen MR) is 152 cm³/mol. The van der Waals surface area contributed by atoms with Gasteiger partial charge in [0.05, 0.1) is 12.8 Å². The predicted octanol–water partition coefficient (Wildman–Crippen LogP) is 7.69. The summed E-state index contributed by atoms with van der Waals surface area (Å²) in [4.78, 5) is 27.1. The van der Waals surface area contributed by atoms with Crippen molar-refractivity contribution in [2.45, 2.75) is 24.0 Å². The molecule has 0 aliphatic carbocycles. The van der Waals surface area contributed by atoms with E-state index in [1.165, 1.54) is 18.9 Å². The molecule has 0 saturated heterocycles. The van der Waals surface area contributed by atoms with Gasteiger partial charge < -0.3 is 15.4 Å². The van der Waals surface area contributed by atoms with E-state index >= 15 is 0 Å². The van der Waals surface area contributed by atoms with Crippen molar-refractivity contribution >= 4 is 46.6 Å². The van der Waals surface area contributed by atoms with Crippen molar-refractivity contribution in [2.75, 3.05) is 17.7 Å². The number of thioether (sulfide) groups is 1. The van der Waals surface area contributed by atoms with E-state index in [1.54, 1.807) is 24.3 Å². The molecule has 7 heteroatoms. The fraction of sp³-hybridized carbons (Fsp3) is 0.133. The largest absolute Gasteiger partial charge is 0.495 e. The van der Waals surface area contributed by atoms with Crippen LogP contribution in [-0.4, -0.2) is 18.9 Å². The second-order valence-corrected chi connectivity index (χ2v) is 10.1. The van der Waals surface area contributed by atoms with Crippen molar-refractivity contribution in [3.63, 3.8) is 0 Å². The molecule has 188 valence electrons. The summed E-state index contributed by atoms with van der Waals surface area (Å²) in [7, 11) is 1.54. The Morgan fingerprint density at radius 2 is 1.59 bits per heavy atom. The van der Waals surface area contributed by atoms with Gasteiger partial charge >= 0.3 is 0 Å². The molecule has 4 rings (SSSR count). The number of methoxy groups -OCH3 is 1. The van der Waals surface area contributed by atoms with Crippen LogP contribution in [-0.2, 0) is 4.79 Å². The molecule has 37 heavy (non-hydrogen) atoms. The lowest BCUT2D eigenvalue weighted by Crippen LogP contribution is -2.19. The molecule has 0 aromatic heterocycles. The zero-order valence-electron chi connectivity index (χ0n) is 20.7. The Kier molecular flexibility index (Phi) is 8.54. The number of benzene rings is 4. The van der Waals surface area contributed by atoms with Crippen molar-refractivity contribution in [2.24, 2.45) is 0 Å². The van der Waals surface area contributed by atoms with Crippen molar-refractivity contribution in [3.8, 4) is 5.75 Å². The van der Waals surface area contributed by atoms with Gasteiger partial charge in [0.15, 0.2) is 0 Å². The summed E-state index contributed by atoms with van der Waals surface area (Å²) in [6.07, 6.45) is 0. The number of aryl methyl sites for hydroxylation is 2. The molecular formula is C30H27ClN2O3S. The summed E-state index contributed by atoms with van der Waals surface area (Å²) >= 11 is 7.64. The third-order valence-corrected chi connectivity index (χ3v) is 7.39. The van der Waals surface area contributed by atoms with Gasteiger partial charge in [-0.1, -0.05) is 65.7 Å². The molecule has 0 bridgehead atoms. The van der Waals surface area contributed by atoms with E-state index in [1.807, 2.05) is 80.6 Å². The number of rotatable bonds is 8. The van der Waals surface area contributed by atoms with Gasteiger partial charge in [0.25, 0.3) is 5.91 Å². The van der Waals surface area contributed by atoms with Gasteiger partial charge in [0, 0.05) is 27.2 Å². The first kappa shape index (κ1) is 26.3. The molecular weight excluding hydrogens is 504 g/mol. The van der Waals surface area contributed by atoms with Crippen LogP contribution in [0.1, 0.15) is 32.3 Å². The lowest BCUT2D eigenvalue weighted by molar-refractivity contribution is -0.115. The monoisotopic (exact) mass is 530 g/mol. The van der Waals surface area contributed by atoms with Gasteiger partial charge in [0.2, 0.25) is 5.91 Å². The third kappa shape index (κ3) is 6.73. The van der Waals surface area contributed by atoms with Gasteiger partial charge in [0.1, 0.15) is 11.0 Å². The van der Waals surface area contributed by atoms with Gasteiger partial charge in [-0.25, -0.2) is 0 Å². The number of hydrogen-bond acceptors (Lipinski definition) is 4. The number of halogens is 1. The second-order valence-electron chi connectivity index (χ2n) is 8.55. The van der Waals surface area contributed by atoms with Crippen molar-refractivity contribution < 1.29 is 14.3 Å². The highest BCUT2D eigenvalue weighted by molar-refractivity contribution is 8.00. The van der Waals surface area contributed by atoms with E-state index in [4.69, 9.17) is 16.3 Å². The van der Waals surface area contributed by atoms with Crippen LogP contribution in [0.15, 0.2) is 95.9 Å². The molecule has 0 heterocycles. The van der Waals surface area contributed by atoms with E-state index in [0.29, 0.717) is 27.7 Å². The summed E-state index contributed by atoms with van der Waals surface area (Å²) in [6.45, 7) is 3.85. The average molecular weight is 531 g/mol. The van der Waals surface area contributed by atoms with Crippen LogP contribution in [0, 0.1) is 13.8 Å². The maximum Gasteiger partial charge on any atom is 0.255 e. The Morgan fingerprint density at radius 3 is 2.30 bits per heavy atom. The fourth-order valence-electron chi connectivity index (χ4n) is 3.72. The molecule has 0 aliphatic rings. The standard InChI is InChI=1S/C30H27ClN2O3S/c1-19-12-14-22(15-13-19)29(34)32-23-10-7-11-24(17-23)37-28(21-8-5-4-6-9-21)30(35)33-26-16-20(2)25(31)18-27(26)36-3/h4-18,28H,1-3H3,(H,32,34)(H,33,35). The Labute approximate surface area is 226 Å². The Morgan fingerprint density at radius 1 is 0.865 bits per heavy atom. The Hall–Kier alpha value is -3.74. The lowest BCUT2D eigenvalue weighted by Gasteiger charge is -2.19. The fourth-order valence-corrected chi connectivity index (χ4v) is 4.96. The average Bonchev–Trinajstić information content (AvgIpc) is 2.90. The number of anilines is 2. The third-order valence-electron chi connectivity index (χ3n) is 5.74. The minimum atomic E-state index is -0.551. The first-order chi connectivity index (χ1) is 17.8. The second kappa shape index (κ2) is 12.0. The lowest BCUT2D eigenvalue weighted by atomic mass is 10.1. The highest BCUT2D eigenvalue weighted by Gasteiger charge is 2.24. The topological polar surface area (TPSA) is 67.4 Å². The van der Waals surface area contributed by atoms with Gasteiger partial charge in [-0.15, -0.1) is 11.8 Å². The molecule has 0 radical (unpaired) electrons. The smallest absolute Gasteiger partial charge is 0.255 e. The van der Waals surface area contributed by atoms with Crippen molar-refractivity contribution in [3.05, 3.63) is 118 Å². The summed E-state index contributed by atoms with van der Waals surface area (Å²) < 4.78 is 5.44. The van der Waals surface area contributed by atoms with Crippen LogP contribution in [0.5, 0.6) is 5.75 Å². The van der Waals surface area contributed by atoms with Crippen molar-refractivity contribution in [1.82, 2.24) is 0 Å². The van der Waals surface area contributed by atoms with E-state index in [0.717, 1.165) is 21.6 Å². The van der Waals surface area contributed by atoms with Crippen LogP contribution < -0.4 is 15.4 Å². The van der Waals surface area contributed by atoms with Crippen LogP contribution in [0.2, 0.25) is 5.02 Å². The first-order valence-electron chi connectivity index (χ1n) is 11.7. The van der Waals surface area contributed by atoms with Gasteiger partial charge in [-0.05, 0) is 61.4 Å². The van der Waals surface area contributed by atoms with E-state index < -0.39 is 5.25 Å². The normalized spacial score (nSPS) is 11.5.